The van der Waals surface area contributed by atoms with Crippen LogP contribution in [0.1, 0.15) is 6.42 Å². The molecule has 1 aliphatic rings. The third-order valence-corrected chi connectivity index (χ3v) is 1.55. The van der Waals surface area contributed by atoms with E-state index in [1.165, 1.54) is 0 Å². The Balaban J connectivity index is 2.60. The van der Waals surface area contributed by atoms with Gasteiger partial charge in [-0.3, -0.25) is 0 Å². The second-order valence-corrected chi connectivity index (χ2v) is 2.70. The monoisotopic (exact) mass is 154 g/mol. The van der Waals surface area contributed by atoms with E-state index in [9.17, 15) is 0 Å². The molecule has 3 N–H and O–H groups in total. The molecule has 6 heteroatoms. The molecular formula is C5H8B2O4. The van der Waals surface area contributed by atoms with Gasteiger partial charge in [-0.25, -0.2) is 0 Å². The van der Waals surface area contributed by atoms with Crippen LogP contribution in [-0.4, -0.2) is 54.9 Å². The van der Waals surface area contributed by atoms with Gasteiger partial charge in [0.05, 0.1) is 12.2 Å². The van der Waals surface area contributed by atoms with Gasteiger partial charge < -0.3 is 20.1 Å². The number of rotatable bonds is 1. The fourth-order valence-electron chi connectivity index (χ4n) is 1.06. The highest BCUT2D eigenvalue weighted by Gasteiger charge is 2.40. The summed E-state index contributed by atoms with van der Waals surface area (Å²) in [5, 5.41) is 24.8. The van der Waals surface area contributed by atoms with Gasteiger partial charge in [-0.1, -0.05) is 0 Å². The fraction of sp³-hybridized carbons (Fsp3) is 1.00. The second kappa shape index (κ2) is 2.79. The number of ether oxygens (including phenoxy) is 1. The van der Waals surface area contributed by atoms with Gasteiger partial charge in [-0.15, -0.1) is 0 Å². The summed E-state index contributed by atoms with van der Waals surface area (Å²) < 4.78 is 4.64. The maximum atomic E-state index is 9.09. The molecule has 1 aliphatic heterocycles. The molecule has 1 saturated heterocycles. The average molecular weight is 154 g/mol. The van der Waals surface area contributed by atoms with Crippen molar-refractivity contribution in [2.24, 2.45) is 0 Å². The van der Waals surface area contributed by atoms with Crippen LogP contribution in [0.5, 0.6) is 0 Å². The average Bonchev–Trinajstić information content (AvgIpc) is 2.08. The van der Waals surface area contributed by atoms with Crippen molar-refractivity contribution < 1.29 is 20.1 Å². The molecule has 0 amide bonds. The standard InChI is InChI=1S/C5H8B2O4/c6-5(7,10)4-2(8)1-3(9)11-4/h2-4,8-10H,1H2/t2-,3-,4+/m1/s1. The summed E-state index contributed by atoms with van der Waals surface area (Å²) in [4.78, 5) is 0. The van der Waals surface area contributed by atoms with Gasteiger partial charge in [0.1, 0.15) is 15.7 Å². The van der Waals surface area contributed by atoms with E-state index < -0.39 is 23.9 Å². The minimum absolute atomic E-state index is 0.0153. The highest BCUT2D eigenvalue weighted by molar-refractivity contribution is 6.39. The summed E-state index contributed by atoms with van der Waals surface area (Å²) in [5.41, 5.74) is 0. The molecule has 3 atom stereocenters. The Morgan fingerprint density at radius 1 is 1.36 bits per heavy atom. The Hall–Kier alpha value is -0.0301. The van der Waals surface area contributed by atoms with Gasteiger partial charge in [-0.05, 0) is 0 Å². The van der Waals surface area contributed by atoms with Crippen LogP contribution in [0.25, 0.3) is 0 Å². The zero-order chi connectivity index (χ0) is 8.65. The van der Waals surface area contributed by atoms with Crippen LogP contribution in [0.2, 0.25) is 0 Å². The Bertz CT molecular complexity index is 146. The van der Waals surface area contributed by atoms with Gasteiger partial charge in [0.2, 0.25) is 0 Å². The lowest BCUT2D eigenvalue weighted by atomic mass is 9.61. The summed E-state index contributed by atoms with van der Waals surface area (Å²) >= 11 is 0. The molecule has 11 heavy (non-hydrogen) atoms. The summed E-state index contributed by atoms with van der Waals surface area (Å²) in [6, 6.07) is 0. The SMILES string of the molecule is [B]C([B])(O)[C@H]1O[C@@H](O)C[C@H]1O. The molecular weight excluding hydrogens is 146 g/mol. The van der Waals surface area contributed by atoms with Crippen molar-refractivity contribution in [2.45, 2.75) is 30.3 Å². The first-order valence-electron chi connectivity index (χ1n) is 3.23. The van der Waals surface area contributed by atoms with Crippen LogP contribution in [0.4, 0.5) is 0 Å². The van der Waals surface area contributed by atoms with E-state index in [1.807, 2.05) is 0 Å². The van der Waals surface area contributed by atoms with E-state index in [0.29, 0.717) is 0 Å². The number of aliphatic hydroxyl groups excluding tert-OH is 2. The molecule has 0 saturated carbocycles. The summed E-state index contributed by atoms with van der Waals surface area (Å²) in [6.45, 7) is 0. The molecule has 58 valence electrons. The molecule has 4 nitrogen and oxygen atoms in total. The van der Waals surface area contributed by atoms with Crippen LogP contribution < -0.4 is 0 Å². The van der Waals surface area contributed by atoms with Crippen LogP contribution in [0.3, 0.4) is 0 Å². The normalized spacial score (nSPS) is 39.4. The van der Waals surface area contributed by atoms with Gasteiger partial charge in [0.25, 0.3) is 0 Å². The largest absolute Gasteiger partial charge is 0.406 e. The van der Waals surface area contributed by atoms with E-state index in [0.717, 1.165) is 0 Å². The number of hydrogen-bond donors (Lipinski definition) is 3. The number of hydrogen-bond acceptors (Lipinski definition) is 4. The van der Waals surface area contributed by atoms with Crippen molar-refractivity contribution in [3.05, 3.63) is 0 Å². The molecule has 0 spiro atoms. The third-order valence-electron chi connectivity index (χ3n) is 1.55. The topological polar surface area (TPSA) is 69.9 Å². The third kappa shape index (κ3) is 1.96. The van der Waals surface area contributed by atoms with E-state index >= 15 is 0 Å². The molecule has 1 heterocycles. The Morgan fingerprint density at radius 2 is 1.91 bits per heavy atom. The van der Waals surface area contributed by atoms with E-state index in [1.54, 1.807) is 0 Å². The molecule has 0 aromatic rings. The molecule has 0 aliphatic carbocycles. The van der Waals surface area contributed by atoms with E-state index in [-0.39, 0.29) is 6.42 Å². The molecule has 0 unspecified atom stereocenters. The molecule has 0 bridgehead atoms. The van der Waals surface area contributed by atoms with Gasteiger partial charge in [0.15, 0.2) is 6.29 Å². The Kier molecular flexibility index (Phi) is 2.29. The first kappa shape index (κ1) is 9.06. The van der Waals surface area contributed by atoms with Crippen LogP contribution in [-0.2, 0) is 4.74 Å². The number of aliphatic hydroxyl groups is 3. The van der Waals surface area contributed by atoms with E-state index in [2.05, 4.69) is 4.74 Å². The predicted molar refractivity (Wildman–Crippen MR) is 38.0 cm³/mol. The van der Waals surface area contributed by atoms with Crippen LogP contribution >= 0.6 is 0 Å². The lowest BCUT2D eigenvalue weighted by Gasteiger charge is -2.28. The minimum atomic E-state index is -2.10. The Morgan fingerprint density at radius 3 is 2.09 bits per heavy atom. The van der Waals surface area contributed by atoms with E-state index in [4.69, 9.17) is 31.0 Å². The van der Waals surface area contributed by atoms with Gasteiger partial charge in [0, 0.05) is 11.8 Å². The molecule has 1 fully saturated rings. The van der Waals surface area contributed by atoms with Crippen molar-refractivity contribution in [3.63, 3.8) is 0 Å². The molecule has 0 aromatic heterocycles. The lowest BCUT2D eigenvalue weighted by Crippen LogP contribution is -2.48. The maximum Gasteiger partial charge on any atom is 0.157 e. The summed E-state index contributed by atoms with van der Waals surface area (Å²) in [6.07, 6.45) is -3.24. The van der Waals surface area contributed by atoms with Crippen molar-refractivity contribution in [3.8, 4) is 0 Å². The highest BCUT2D eigenvalue weighted by atomic mass is 16.6. The van der Waals surface area contributed by atoms with Crippen molar-refractivity contribution in [2.75, 3.05) is 0 Å². The van der Waals surface area contributed by atoms with Gasteiger partial charge in [-0.2, -0.15) is 0 Å². The first-order valence-corrected chi connectivity index (χ1v) is 3.23. The highest BCUT2D eigenvalue weighted by Crippen LogP contribution is 2.23. The van der Waals surface area contributed by atoms with Crippen LogP contribution in [0, 0.1) is 0 Å². The second-order valence-electron chi connectivity index (χ2n) is 2.70. The summed E-state index contributed by atoms with van der Waals surface area (Å²) in [7, 11) is 10.1. The lowest BCUT2D eigenvalue weighted by molar-refractivity contribution is -0.123. The summed E-state index contributed by atoms with van der Waals surface area (Å²) in [5.74, 6) is 0. The minimum Gasteiger partial charge on any atom is -0.406 e. The van der Waals surface area contributed by atoms with Crippen molar-refractivity contribution >= 4 is 15.7 Å². The van der Waals surface area contributed by atoms with Gasteiger partial charge >= 0.3 is 0 Å². The first-order chi connectivity index (χ1) is 4.91. The molecule has 1 rings (SSSR count). The van der Waals surface area contributed by atoms with Crippen molar-refractivity contribution in [1.82, 2.24) is 0 Å². The maximum absolute atomic E-state index is 9.09. The zero-order valence-electron chi connectivity index (χ0n) is 5.84. The predicted octanol–water partition coefficient (Wildman–Crippen LogP) is -2.56. The van der Waals surface area contributed by atoms with Crippen molar-refractivity contribution in [1.29, 1.82) is 0 Å². The smallest absolute Gasteiger partial charge is 0.157 e. The zero-order valence-corrected chi connectivity index (χ0v) is 5.84. The Labute approximate surface area is 67.0 Å². The molecule has 0 aromatic carbocycles. The fourth-order valence-corrected chi connectivity index (χ4v) is 1.06. The van der Waals surface area contributed by atoms with Crippen LogP contribution in [0.15, 0.2) is 0 Å². The molecule has 4 radical (unpaired) electrons. The quantitative estimate of drug-likeness (QED) is 0.363.